The second kappa shape index (κ2) is 9.85. The van der Waals surface area contributed by atoms with Gasteiger partial charge in [0.05, 0.1) is 29.5 Å². The number of amides is 1. The SMILES string of the molecule is CC(C)C(=S)NC[C@H]1CN(c2ccc(N3CCN(S(=O)(=O)CCl)CC3)c(F)c2)C(=O)O1. The van der Waals surface area contributed by atoms with Crippen LogP contribution in [0.5, 0.6) is 0 Å². The van der Waals surface area contributed by atoms with Crippen LogP contribution < -0.4 is 15.1 Å². The highest BCUT2D eigenvalue weighted by atomic mass is 35.5. The summed E-state index contributed by atoms with van der Waals surface area (Å²) in [6.45, 7) is 5.81. The Hall–Kier alpha value is -1.69. The van der Waals surface area contributed by atoms with Crippen LogP contribution in [0.25, 0.3) is 0 Å². The van der Waals surface area contributed by atoms with Crippen LogP contribution in [0.4, 0.5) is 20.6 Å². The van der Waals surface area contributed by atoms with Crippen molar-refractivity contribution in [2.45, 2.75) is 20.0 Å². The van der Waals surface area contributed by atoms with Crippen molar-refractivity contribution in [3.8, 4) is 0 Å². The number of sulfonamides is 1. The Morgan fingerprint density at radius 2 is 2.00 bits per heavy atom. The lowest BCUT2D eigenvalue weighted by Crippen LogP contribution is -2.49. The van der Waals surface area contributed by atoms with Crippen molar-refractivity contribution >= 4 is 56.3 Å². The summed E-state index contributed by atoms with van der Waals surface area (Å²) in [5, 5.41) is 2.62. The molecule has 0 saturated carbocycles. The van der Waals surface area contributed by atoms with E-state index in [1.807, 2.05) is 13.8 Å². The summed E-state index contributed by atoms with van der Waals surface area (Å²) in [4.78, 5) is 16.1. The zero-order chi connectivity index (χ0) is 22.8. The van der Waals surface area contributed by atoms with E-state index in [0.29, 0.717) is 42.5 Å². The average molecular weight is 493 g/mol. The second-order valence-corrected chi connectivity index (χ2v) is 10.8. The van der Waals surface area contributed by atoms with Gasteiger partial charge in [-0.05, 0) is 18.2 Å². The number of benzene rings is 1. The van der Waals surface area contributed by atoms with Gasteiger partial charge in [-0.25, -0.2) is 17.6 Å². The first-order chi connectivity index (χ1) is 14.6. The van der Waals surface area contributed by atoms with E-state index in [4.69, 9.17) is 28.6 Å². The molecule has 0 radical (unpaired) electrons. The van der Waals surface area contributed by atoms with E-state index in [1.165, 1.54) is 15.3 Å². The van der Waals surface area contributed by atoms with Crippen LogP contribution >= 0.6 is 23.8 Å². The van der Waals surface area contributed by atoms with Gasteiger partial charge in [-0.1, -0.05) is 26.1 Å². The maximum absolute atomic E-state index is 14.8. The molecule has 1 aromatic carbocycles. The predicted octanol–water partition coefficient (Wildman–Crippen LogP) is 2.37. The first-order valence-corrected chi connectivity index (χ1v) is 12.5. The third-order valence-corrected chi connectivity index (χ3v) is 8.13. The van der Waals surface area contributed by atoms with Crippen LogP contribution in [-0.4, -0.2) is 74.4 Å². The number of thiocarbonyl (C=S) groups is 1. The summed E-state index contributed by atoms with van der Waals surface area (Å²) < 4.78 is 45.3. The standard InChI is InChI=1S/C19H26ClFN4O4S2/c1-13(2)18(30)22-10-15-11-25(19(26)29-15)14-3-4-17(16(21)9-14)23-5-7-24(8-6-23)31(27,28)12-20/h3-4,9,13,15H,5-8,10-12H2,1-2H3,(H,22,30)/t15-/m0/s1. The van der Waals surface area contributed by atoms with Crippen molar-refractivity contribution in [2.75, 3.05) is 54.3 Å². The molecule has 0 unspecified atom stereocenters. The van der Waals surface area contributed by atoms with Crippen LogP contribution in [-0.2, 0) is 14.8 Å². The Morgan fingerprint density at radius 1 is 1.32 bits per heavy atom. The Morgan fingerprint density at radius 3 is 2.58 bits per heavy atom. The van der Waals surface area contributed by atoms with Crippen LogP contribution in [0.3, 0.4) is 0 Å². The Labute approximate surface area is 192 Å². The van der Waals surface area contributed by atoms with Gasteiger partial charge < -0.3 is 15.0 Å². The molecule has 0 spiro atoms. The number of carbonyl (C=O) groups is 1. The lowest BCUT2D eigenvalue weighted by Gasteiger charge is -2.35. The van der Waals surface area contributed by atoms with Gasteiger partial charge in [-0.15, -0.1) is 11.6 Å². The molecule has 172 valence electrons. The van der Waals surface area contributed by atoms with E-state index >= 15 is 0 Å². The number of halogens is 2. The highest BCUT2D eigenvalue weighted by Gasteiger charge is 2.33. The number of hydrogen-bond donors (Lipinski definition) is 1. The summed E-state index contributed by atoms with van der Waals surface area (Å²) in [7, 11) is -3.47. The molecule has 12 heteroatoms. The average Bonchev–Trinajstić information content (AvgIpc) is 3.12. The number of carbonyl (C=O) groups excluding carboxylic acids is 1. The zero-order valence-electron chi connectivity index (χ0n) is 17.4. The Kier molecular flexibility index (Phi) is 7.61. The number of anilines is 2. The van der Waals surface area contributed by atoms with E-state index in [-0.39, 0.29) is 25.1 Å². The molecule has 2 aliphatic heterocycles. The van der Waals surface area contributed by atoms with E-state index < -0.39 is 27.1 Å². The molecule has 0 bridgehead atoms. The normalized spacial score (nSPS) is 20.3. The Balaban J connectivity index is 1.62. The van der Waals surface area contributed by atoms with Crippen LogP contribution in [0.1, 0.15) is 13.8 Å². The summed E-state index contributed by atoms with van der Waals surface area (Å²) >= 11 is 10.7. The van der Waals surface area contributed by atoms with Gasteiger partial charge in [0.25, 0.3) is 0 Å². The molecule has 1 atom stereocenters. The summed E-state index contributed by atoms with van der Waals surface area (Å²) in [6, 6.07) is 4.56. The Bertz CT molecular complexity index is 939. The molecular formula is C19H26ClFN4O4S2. The van der Waals surface area contributed by atoms with Gasteiger partial charge in [0.2, 0.25) is 10.0 Å². The van der Waals surface area contributed by atoms with Gasteiger partial charge >= 0.3 is 6.09 Å². The highest BCUT2D eigenvalue weighted by molar-refractivity contribution is 7.90. The van der Waals surface area contributed by atoms with Gasteiger partial charge in [0.15, 0.2) is 0 Å². The van der Waals surface area contributed by atoms with Gasteiger partial charge in [0, 0.05) is 32.1 Å². The lowest BCUT2D eigenvalue weighted by atomic mass is 10.2. The minimum Gasteiger partial charge on any atom is -0.442 e. The van der Waals surface area contributed by atoms with Crippen molar-refractivity contribution in [3.05, 3.63) is 24.0 Å². The molecule has 2 fully saturated rings. The van der Waals surface area contributed by atoms with Crippen molar-refractivity contribution < 1.29 is 22.3 Å². The zero-order valence-corrected chi connectivity index (χ0v) is 19.8. The monoisotopic (exact) mass is 492 g/mol. The molecule has 0 aromatic heterocycles. The number of piperazine rings is 1. The minimum absolute atomic E-state index is 0.196. The van der Waals surface area contributed by atoms with Gasteiger partial charge in [-0.3, -0.25) is 4.90 Å². The van der Waals surface area contributed by atoms with Crippen molar-refractivity contribution in [3.63, 3.8) is 0 Å². The van der Waals surface area contributed by atoms with E-state index in [0.717, 1.165) is 0 Å². The number of ether oxygens (including phenoxy) is 1. The minimum atomic E-state index is -3.47. The molecule has 2 aliphatic rings. The van der Waals surface area contributed by atoms with Crippen molar-refractivity contribution in [2.24, 2.45) is 5.92 Å². The highest BCUT2D eigenvalue weighted by Crippen LogP contribution is 2.28. The maximum atomic E-state index is 14.8. The van der Waals surface area contributed by atoms with Crippen molar-refractivity contribution in [1.29, 1.82) is 0 Å². The van der Waals surface area contributed by atoms with E-state index in [2.05, 4.69) is 5.32 Å². The van der Waals surface area contributed by atoms with Crippen LogP contribution in [0, 0.1) is 11.7 Å². The fraction of sp³-hybridized carbons (Fsp3) is 0.579. The summed E-state index contributed by atoms with van der Waals surface area (Å²) in [6.07, 6.45) is -0.918. The van der Waals surface area contributed by atoms with Gasteiger partial charge in [-0.2, -0.15) is 4.31 Å². The molecule has 1 N–H and O–H groups in total. The second-order valence-electron chi connectivity index (χ2n) is 7.76. The smallest absolute Gasteiger partial charge is 0.414 e. The largest absolute Gasteiger partial charge is 0.442 e. The molecule has 31 heavy (non-hydrogen) atoms. The fourth-order valence-corrected chi connectivity index (χ4v) is 4.81. The molecule has 2 saturated heterocycles. The molecular weight excluding hydrogens is 467 g/mol. The van der Waals surface area contributed by atoms with Gasteiger partial charge in [0.1, 0.15) is 17.1 Å². The third kappa shape index (κ3) is 5.57. The van der Waals surface area contributed by atoms with E-state index in [1.54, 1.807) is 17.0 Å². The number of nitrogens with zero attached hydrogens (tertiary/aromatic N) is 3. The molecule has 0 aliphatic carbocycles. The number of cyclic esters (lactones) is 1. The van der Waals surface area contributed by atoms with Crippen LogP contribution in [0.2, 0.25) is 0 Å². The summed E-state index contributed by atoms with van der Waals surface area (Å²) in [5.41, 5.74) is 0.767. The summed E-state index contributed by atoms with van der Waals surface area (Å²) in [5.74, 6) is -0.289. The molecule has 1 amide bonds. The van der Waals surface area contributed by atoms with E-state index in [9.17, 15) is 17.6 Å². The number of alkyl halides is 1. The number of hydrogen-bond acceptors (Lipinski definition) is 6. The topological polar surface area (TPSA) is 82.2 Å². The lowest BCUT2D eigenvalue weighted by molar-refractivity contribution is 0.143. The molecule has 8 nitrogen and oxygen atoms in total. The molecule has 2 heterocycles. The number of rotatable bonds is 7. The number of nitrogens with one attached hydrogen (secondary N) is 1. The fourth-order valence-electron chi connectivity index (χ4n) is 3.45. The molecule has 3 rings (SSSR count). The van der Waals surface area contributed by atoms with Crippen LogP contribution in [0.15, 0.2) is 18.2 Å². The quantitative estimate of drug-likeness (QED) is 0.462. The first-order valence-electron chi connectivity index (χ1n) is 9.96. The first kappa shape index (κ1) is 24.0. The maximum Gasteiger partial charge on any atom is 0.414 e. The van der Waals surface area contributed by atoms with Crippen molar-refractivity contribution in [1.82, 2.24) is 9.62 Å². The molecule has 1 aromatic rings. The predicted molar refractivity (Wildman–Crippen MR) is 123 cm³/mol. The third-order valence-electron chi connectivity index (χ3n) is 5.26.